The molecule has 1 N–H and O–H groups in total. The number of rotatable bonds is 5. The van der Waals surface area contributed by atoms with Crippen molar-refractivity contribution in [2.75, 3.05) is 33.2 Å². The van der Waals surface area contributed by atoms with Crippen molar-refractivity contribution in [2.24, 2.45) is 5.92 Å². The summed E-state index contributed by atoms with van der Waals surface area (Å²) in [7, 11) is 2.00. The van der Waals surface area contributed by atoms with Gasteiger partial charge in [-0.15, -0.1) is 24.8 Å². The molecule has 1 unspecified atom stereocenters. The fourth-order valence-electron chi connectivity index (χ4n) is 3.79. The van der Waals surface area contributed by atoms with Crippen LogP contribution in [0, 0.1) is 5.92 Å². The van der Waals surface area contributed by atoms with Crippen molar-refractivity contribution in [2.45, 2.75) is 38.3 Å². The molecule has 2 heterocycles. The third kappa shape index (κ3) is 6.45. The van der Waals surface area contributed by atoms with Gasteiger partial charge in [-0.2, -0.15) is 0 Å². The molecule has 6 heteroatoms. The molecule has 0 aliphatic carbocycles. The summed E-state index contributed by atoms with van der Waals surface area (Å²) >= 11 is 0. The van der Waals surface area contributed by atoms with Crippen LogP contribution >= 0.6 is 24.8 Å². The number of piperidine rings is 1. The molecule has 1 atom stereocenters. The summed E-state index contributed by atoms with van der Waals surface area (Å²) in [4.78, 5) is 17.0. The first-order chi connectivity index (χ1) is 11.2. The van der Waals surface area contributed by atoms with Gasteiger partial charge in [-0.05, 0) is 43.8 Å². The highest BCUT2D eigenvalue weighted by atomic mass is 35.5. The molecule has 0 radical (unpaired) electrons. The number of hydrogen-bond acceptors (Lipinski definition) is 3. The number of carbonyl (C=O) groups is 1. The molecule has 3 rings (SSSR count). The fourth-order valence-corrected chi connectivity index (χ4v) is 3.79. The second-order valence-corrected chi connectivity index (χ2v) is 7.06. The van der Waals surface area contributed by atoms with E-state index < -0.39 is 0 Å². The second kappa shape index (κ2) is 11.0. The molecule has 142 valence electrons. The van der Waals surface area contributed by atoms with Crippen LogP contribution in [0.1, 0.15) is 31.2 Å². The Morgan fingerprint density at radius 1 is 1.16 bits per heavy atom. The van der Waals surface area contributed by atoms with Crippen molar-refractivity contribution in [1.29, 1.82) is 0 Å². The lowest BCUT2D eigenvalue weighted by molar-refractivity contribution is -0.133. The van der Waals surface area contributed by atoms with E-state index in [1.54, 1.807) is 0 Å². The van der Waals surface area contributed by atoms with Gasteiger partial charge in [-0.25, -0.2) is 0 Å². The maximum absolute atomic E-state index is 12.5. The van der Waals surface area contributed by atoms with Crippen LogP contribution in [0.3, 0.4) is 0 Å². The minimum atomic E-state index is 0. The van der Waals surface area contributed by atoms with Crippen molar-refractivity contribution >= 4 is 30.7 Å². The molecule has 0 bridgehead atoms. The number of halogens is 2. The van der Waals surface area contributed by atoms with E-state index in [2.05, 4.69) is 40.5 Å². The molecule has 25 heavy (non-hydrogen) atoms. The summed E-state index contributed by atoms with van der Waals surface area (Å²) < 4.78 is 0. The first kappa shape index (κ1) is 22.2. The van der Waals surface area contributed by atoms with Crippen molar-refractivity contribution in [3.63, 3.8) is 0 Å². The largest absolute Gasteiger partial charge is 0.343 e. The van der Waals surface area contributed by atoms with Crippen LogP contribution in [0.5, 0.6) is 0 Å². The van der Waals surface area contributed by atoms with E-state index in [1.807, 2.05) is 11.9 Å². The zero-order chi connectivity index (χ0) is 16.1. The van der Waals surface area contributed by atoms with Crippen LogP contribution in [0.25, 0.3) is 0 Å². The van der Waals surface area contributed by atoms with Gasteiger partial charge >= 0.3 is 0 Å². The van der Waals surface area contributed by atoms with Crippen LogP contribution < -0.4 is 5.32 Å². The Hall–Kier alpha value is -0.810. The highest BCUT2D eigenvalue weighted by Gasteiger charge is 2.27. The molecular weight excluding hydrogens is 357 g/mol. The maximum atomic E-state index is 12.5. The number of benzene rings is 1. The fraction of sp³-hybridized carbons (Fsp3) is 0.632. The number of nitrogens with one attached hydrogen (secondary N) is 1. The van der Waals surface area contributed by atoms with Gasteiger partial charge in [0.1, 0.15) is 0 Å². The van der Waals surface area contributed by atoms with Gasteiger partial charge < -0.3 is 10.2 Å². The standard InChI is InChI=1S/C19H29N3O.2ClH/c1-21(19(23)13-17-7-10-20-14-17)18-8-11-22(12-9-18)15-16-5-3-2-4-6-16;;/h2-6,17-18,20H,7-15H2,1H3;2*1H. The first-order valence-electron chi connectivity index (χ1n) is 8.95. The molecule has 2 fully saturated rings. The van der Waals surface area contributed by atoms with Crippen LogP contribution in [0.4, 0.5) is 0 Å². The number of amides is 1. The topological polar surface area (TPSA) is 35.6 Å². The van der Waals surface area contributed by atoms with Crippen molar-refractivity contribution in [3.8, 4) is 0 Å². The molecular formula is C19H31Cl2N3O. The number of nitrogens with zero attached hydrogens (tertiary/aromatic N) is 2. The lowest BCUT2D eigenvalue weighted by atomic mass is 10.00. The minimum Gasteiger partial charge on any atom is -0.343 e. The van der Waals surface area contributed by atoms with Crippen LogP contribution in [-0.2, 0) is 11.3 Å². The van der Waals surface area contributed by atoms with Gasteiger partial charge in [0, 0.05) is 39.1 Å². The number of likely N-dealkylation sites (tertiary alicyclic amines) is 1. The maximum Gasteiger partial charge on any atom is 0.222 e. The van der Waals surface area contributed by atoms with E-state index in [9.17, 15) is 4.79 Å². The Morgan fingerprint density at radius 3 is 2.44 bits per heavy atom. The molecule has 1 aromatic carbocycles. The SMILES string of the molecule is CN(C(=O)CC1CCNC1)C1CCN(Cc2ccccc2)CC1.Cl.Cl. The minimum absolute atomic E-state index is 0. The molecule has 2 aliphatic rings. The van der Waals surface area contributed by atoms with Crippen molar-refractivity contribution < 1.29 is 4.79 Å². The Labute approximate surface area is 164 Å². The van der Waals surface area contributed by atoms with E-state index in [1.165, 1.54) is 5.56 Å². The lowest BCUT2D eigenvalue weighted by Gasteiger charge is -2.37. The van der Waals surface area contributed by atoms with Crippen LogP contribution in [0.2, 0.25) is 0 Å². The van der Waals surface area contributed by atoms with E-state index >= 15 is 0 Å². The number of carbonyl (C=O) groups excluding carboxylic acids is 1. The van der Waals surface area contributed by atoms with E-state index in [-0.39, 0.29) is 24.8 Å². The van der Waals surface area contributed by atoms with E-state index in [0.29, 0.717) is 24.3 Å². The first-order valence-corrected chi connectivity index (χ1v) is 8.95. The smallest absolute Gasteiger partial charge is 0.222 e. The van der Waals surface area contributed by atoms with Crippen LogP contribution in [-0.4, -0.2) is 55.0 Å². The van der Waals surface area contributed by atoms with Gasteiger partial charge in [0.05, 0.1) is 0 Å². The third-order valence-corrected chi connectivity index (χ3v) is 5.37. The van der Waals surface area contributed by atoms with Gasteiger partial charge in [-0.3, -0.25) is 9.69 Å². The quantitative estimate of drug-likeness (QED) is 0.843. The Bertz CT molecular complexity index is 501. The molecule has 2 saturated heterocycles. The lowest BCUT2D eigenvalue weighted by Crippen LogP contribution is -2.45. The molecule has 2 aliphatic heterocycles. The third-order valence-electron chi connectivity index (χ3n) is 5.37. The van der Waals surface area contributed by atoms with Gasteiger partial charge in [-0.1, -0.05) is 30.3 Å². The zero-order valence-electron chi connectivity index (χ0n) is 15.0. The summed E-state index contributed by atoms with van der Waals surface area (Å²) in [5.74, 6) is 0.878. The molecule has 1 amide bonds. The Kier molecular flexibility index (Phi) is 9.80. The van der Waals surface area contributed by atoms with Crippen molar-refractivity contribution in [1.82, 2.24) is 15.1 Å². The highest BCUT2D eigenvalue weighted by molar-refractivity contribution is 5.85. The summed E-state index contributed by atoms with van der Waals surface area (Å²) in [6.45, 7) is 5.28. The summed E-state index contributed by atoms with van der Waals surface area (Å²) in [6.07, 6.45) is 4.05. The van der Waals surface area contributed by atoms with Gasteiger partial charge in [0.15, 0.2) is 0 Å². The predicted molar refractivity (Wildman–Crippen MR) is 108 cm³/mol. The van der Waals surface area contributed by atoms with Crippen molar-refractivity contribution in [3.05, 3.63) is 35.9 Å². The summed E-state index contributed by atoms with van der Waals surface area (Å²) in [5, 5.41) is 3.35. The normalized spacial score (nSPS) is 21.2. The Morgan fingerprint density at radius 2 is 1.84 bits per heavy atom. The summed E-state index contributed by atoms with van der Waals surface area (Å²) in [5.41, 5.74) is 1.38. The van der Waals surface area contributed by atoms with E-state index in [0.717, 1.165) is 52.0 Å². The Balaban J connectivity index is 0.00000156. The highest BCUT2D eigenvalue weighted by Crippen LogP contribution is 2.20. The number of hydrogen-bond donors (Lipinski definition) is 1. The monoisotopic (exact) mass is 387 g/mol. The van der Waals surface area contributed by atoms with Crippen LogP contribution in [0.15, 0.2) is 30.3 Å². The molecule has 0 spiro atoms. The van der Waals surface area contributed by atoms with Gasteiger partial charge in [0.25, 0.3) is 0 Å². The molecule has 4 nitrogen and oxygen atoms in total. The molecule has 1 aromatic rings. The zero-order valence-corrected chi connectivity index (χ0v) is 16.7. The van der Waals surface area contributed by atoms with Gasteiger partial charge in [0.2, 0.25) is 5.91 Å². The average Bonchev–Trinajstić information content (AvgIpc) is 3.09. The average molecular weight is 388 g/mol. The molecule has 0 saturated carbocycles. The molecule has 0 aromatic heterocycles. The summed E-state index contributed by atoms with van der Waals surface area (Å²) in [6, 6.07) is 11.1. The second-order valence-electron chi connectivity index (χ2n) is 7.06. The predicted octanol–water partition coefficient (Wildman–Crippen LogP) is 2.95. The van der Waals surface area contributed by atoms with E-state index in [4.69, 9.17) is 0 Å².